The molecular formula is C25H25BrN2O3. The topological polar surface area (TPSA) is 61.8 Å². The van der Waals surface area contributed by atoms with Gasteiger partial charge in [0.25, 0.3) is 5.91 Å². The Hall–Kier alpha value is -2.83. The van der Waals surface area contributed by atoms with E-state index >= 15 is 0 Å². The van der Waals surface area contributed by atoms with E-state index < -0.39 is 0 Å². The lowest BCUT2D eigenvalue weighted by atomic mass is 9.97. The van der Waals surface area contributed by atoms with Crippen molar-refractivity contribution in [2.45, 2.75) is 26.1 Å². The Morgan fingerprint density at radius 3 is 2.68 bits per heavy atom. The number of hydrogen-bond acceptors (Lipinski definition) is 4. The summed E-state index contributed by atoms with van der Waals surface area (Å²) >= 11 is 3.41. The van der Waals surface area contributed by atoms with Crippen molar-refractivity contribution in [3.05, 3.63) is 93.0 Å². The molecule has 160 valence electrons. The number of rotatable bonds is 6. The van der Waals surface area contributed by atoms with Crippen molar-refractivity contribution in [3.8, 4) is 11.5 Å². The molecule has 1 heterocycles. The van der Waals surface area contributed by atoms with Crippen LogP contribution in [-0.2, 0) is 26.1 Å². The molecule has 0 saturated carbocycles. The fourth-order valence-electron chi connectivity index (χ4n) is 3.96. The van der Waals surface area contributed by atoms with E-state index in [1.807, 2.05) is 48.5 Å². The van der Waals surface area contributed by atoms with Gasteiger partial charge in [0.15, 0.2) is 11.5 Å². The zero-order valence-corrected chi connectivity index (χ0v) is 19.0. The van der Waals surface area contributed by atoms with Gasteiger partial charge < -0.3 is 15.2 Å². The molecule has 1 amide bonds. The monoisotopic (exact) mass is 480 g/mol. The van der Waals surface area contributed by atoms with Crippen LogP contribution in [0.15, 0.2) is 65.1 Å². The standard InChI is InChI=1S/C25H25BrN2O3/c1-31-24-13-17-9-10-28(16-21(17)12-23(24)29)15-20-6-3-2-5-19(20)14-27-25(30)18-7-4-8-22(26)11-18/h2-8,11-13,29H,9-10,14-16H2,1H3,(H,27,30). The molecule has 0 bridgehead atoms. The molecule has 0 spiro atoms. The molecule has 0 aromatic heterocycles. The Labute approximate surface area is 190 Å². The van der Waals surface area contributed by atoms with Crippen LogP contribution in [0.4, 0.5) is 0 Å². The number of halogens is 1. The Kier molecular flexibility index (Phi) is 6.59. The van der Waals surface area contributed by atoms with Gasteiger partial charge in [0.2, 0.25) is 0 Å². The fraction of sp³-hybridized carbons (Fsp3) is 0.240. The number of hydrogen-bond donors (Lipinski definition) is 2. The van der Waals surface area contributed by atoms with Gasteiger partial charge in [-0.1, -0.05) is 46.3 Å². The van der Waals surface area contributed by atoms with E-state index in [2.05, 4.69) is 38.3 Å². The van der Waals surface area contributed by atoms with Crippen LogP contribution in [0, 0.1) is 0 Å². The number of carbonyl (C=O) groups excluding carboxylic acids is 1. The maximum absolute atomic E-state index is 12.5. The van der Waals surface area contributed by atoms with Crippen LogP contribution in [-0.4, -0.2) is 29.6 Å². The number of carbonyl (C=O) groups is 1. The van der Waals surface area contributed by atoms with Crippen LogP contribution < -0.4 is 10.1 Å². The summed E-state index contributed by atoms with van der Waals surface area (Å²) in [5, 5.41) is 13.2. The minimum Gasteiger partial charge on any atom is -0.504 e. The fourth-order valence-corrected chi connectivity index (χ4v) is 4.36. The van der Waals surface area contributed by atoms with E-state index in [0.29, 0.717) is 17.9 Å². The van der Waals surface area contributed by atoms with Crippen molar-refractivity contribution in [2.75, 3.05) is 13.7 Å². The smallest absolute Gasteiger partial charge is 0.251 e. The van der Waals surface area contributed by atoms with Crippen molar-refractivity contribution in [3.63, 3.8) is 0 Å². The summed E-state index contributed by atoms with van der Waals surface area (Å²) in [5.41, 5.74) is 5.28. The lowest BCUT2D eigenvalue weighted by molar-refractivity contribution is 0.0950. The summed E-state index contributed by atoms with van der Waals surface area (Å²) in [7, 11) is 1.57. The molecule has 0 fully saturated rings. The highest BCUT2D eigenvalue weighted by atomic mass is 79.9. The van der Waals surface area contributed by atoms with Crippen molar-refractivity contribution in [1.29, 1.82) is 0 Å². The SMILES string of the molecule is COc1cc2c(cc1O)CN(Cc1ccccc1CNC(=O)c1cccc(Br)c1)CC2. The average Bonchev–Trinajstić information content (AvgIpc) is 2.77. The first-order valence-corrected chi connectivity index (χ1v) is 11.0. The molecule has 0 aliphatic carbocycles. The molecular weight excluding hydrogens is 456 g/mol. The summed E-state index contributed by atoms with van der Waals surface area (Å²) in [6.07, 6.45) is 0.910. The first kappa shape index (κ1) is 21.4. The quantitative estimate of drug-likeness (QED) is 0.538. The second kappa shape index (κ2) is 9.54. The first-order chi connectivity index (χ1) is 15.0. The largest absolute Gasteiger partial charge is 0.504 e. The lowest BCUT2D eigenvalue weighted by Crippen LogP contribution is -2.31. The lowest BCUT2D eigenvalue weighted by Gasteiger charge is -2.30. The van der Waals surface area contributed by atoms with Crippen LogP contribution in [0.2, 0.25) is 0 Å². The van der Waals surface area contributed by atoms with Crippen LogP contribution in [0.25, 0.3) is 0 Å². The predicted molar refractivity (Wildman–Crippen MR) is 124 cm³/mol. The van der Waals surface area contributed by atoms with Crippen molar-refractivity contribution in [2.24, 2.45) is 0 Å². The number of amides is 1. The third kappa shape index (κ3) is 5.09. The van der Waals surface area contributed by atoms with Gasteiger partial charge in [-0.05, 0) is 59.0 Å². The van der Waals surface area contributed by atoms with Gasteiger partial charge in [-0.3, -0.25) is 9.69 Å². The van der Waals surface area contributed by atoms with E-state index in [9.17, 15) is 9.90 Å². The average molecular weight is 481 g/mol. The molecule has 6 heteroatoms. The molecule has 0 radical (unpaired) electrons. The number of nitrogens with zero attached hydrogens (tertiary/aromatic N) is 1. The number of aromatic hydroxyl groups is 1. The van der Waals surface area contributed by atoms with E-state index in [-0.39, 0.29) is 11.7 Å². The molecule has 1 aliphatic rings. The Morgan fingerprint density at radius 2 is 1.90 bits per heavy atom. The second-order valence-electron chi connectivity index (χ2n) is 7.72. The number of phenolic OH excluding ortho intramolecular Hbond substituents is 1. The zero-order valence-electron chi connectivity index (χ0n) is 17.4. The molecule has 3 aromatic carbocycles. The number of methoxy groups -OCH3 is 1. The molecule has 4 rings (SSSR count). The number of fused-ring (bicyclic) bond motifs is 1. The Bertz CT molecular complexity index is 1100. The van der Waals surface area contributed by atoms with Gasteiger partial charge in [0, 0.05) is 36.2 Å². The van der Waals surface area contributed by atoms with Gasteiger partial charge in [-0.15, -0.1) is 0 Å². The molecule has 31 heavy (non-hydrogen) atoms. The van der Waals surface area contributed by atoms with Gasteiger partial charge in [0.05, 0.1) is 7.11 Å². The van der Waals surface area contributed by atoms with Gasteiger partial charge >= 0.3 is 0 Å². The van der Waals surface area contributed by atoms with E-state index in [0.717, 1.165) is 41.7 Å². The molecule has 2 N–H and O–H groups in total. The van der Waals surface area contributed by atoms with E-state index in [1.165, 1.54) is 11.1 Å². The van der Waals surface area contributed by atoms with Crippen molar-refractivity contribution >= 4 is 21.8 Å². The summed E-state index contributed by atoms with van der Waals surface area (Å²) < 4.78 is 6.12. The van der Waals surface area contributed by atoms with E-state index in [4.69, 9.17) is 4.74 Å². The number of benzene rings is 3. The third-order valence-corrected chi connectivity index (χ3v) is 6.12. The summed E-state index contributed by atoms with van der Waals surface area (Å²) in [5.74, 6) is 0.616. The number of nitrogens with one attached hydrogen (secondary N) is 1. The van der Waals surface area contributed by atoms with Crippen LogP contribution in [0.5, 0.6) is 11.5 Å². The number of ether oxygens (including phenoxy) is 1. The maximum atomic E-state index is 12.5. The highest BCUT2D eigenvalue weighted by Gasteiger charge is 2.20. The second-order valence-corrected chi connectivity index (χ2v) is 8.63. The van der Waals surface area contributed by atoms with Crippen molar-refractivity contribution < 1.29 is 14.6 Å². The number of phenols is 1. The van der Waals surface area contributed by atoms with Crippen LogP contribution >= 0.6 is 15.9 Å². The molecule has 3 aromatic rings. The Balaban J connectivity index is 1.43. The zero-order chi connectivity index (χ0) is 21.8. The minimum absolute atomic E-state index is 0.0903. The minimum atomic E-state index is -0.0903. The van der Waals surface area contributed by atoms with Gasteiger partial charge in [0.1, 0.15) is 0 Å². The summed E-state index contributed by atoms with van der Waals surface area (Å²) in [6, 6.07) is 19.3. The maximum Gasteiger partial charge on any atom is 0.251 e. The van der Waals surface area contributed by atoms with Gasteiger partial charge in [-0.25, -0.2) is 0 Å². The van der Waals surface area contributed by atoms with Gasteiger partial charge in [-0.2, -0.15) is 0 Å². The summed E-state index contributed by atoms with van der Waals surface area (Å²) in [6.45, 7) is 2.96. The van der Waals surface area contributed by atoms with E-state index in [1.54, 1.807) is 7.11 Å². The predicted octanol–water partition coefficient (Wildman–Crippen LogP) is 4.65. The van der Waals surface area contributed by atoms with Crippen molar-refractivity contribution in [1.82, 2.24) is 10.2 Å². The molecule has 0 unspecified atom stereocenters. The first-order valence-electron chi connectivity index (χ1n) is 10.2. The third-order valence-electron chi connectivity index (χ3n) is 5.63. The molecule has 0 atom stereocenters. The highest BCUT2D eigenvalue weighted by molar-refractivity contribution is 9.10. The summed E-state index contributed by atoms with van der Waals surface area (Å²) in [4.78, 5) is 14.9. The van der Waals surface area contributed by atoms with Crippen LogP contribution in [0.3, 0.4) is 0 Å². The Morgan fingerprint density at radius 1 is 1.10 bits per heavy atom. The normalized spacial score (nSPS) is 13.5. The van der Waals surface area contributed by atoms with Crippen LogP contribution in [0.1, 0.15) is 32.6 Å². The molecule has 1 aliphatic heterocycles. The highest BCUT2D eigenvalue weighted by Crippen LogP contribution is 2.32. The molecule has 0 saturated heterocycles. The molecule has 5 nitrogen and oxygen atoms in total.